The molecule has 0 aliphatic carbocycles. The zero-order valence-corrected chi connectivity index (χ0v) is 21.9. The predicted molar refractivity (Wildman–Crippen MR) is 146 cm³/mol. The molecule has 0 unspecified atom stereocenters. The van der Waals surface area contributed by atoms with E-state index in [1.807, 2.05) is 12.4 Å². The molecule has 6 rings (SSSR count). The third kappa shape index (κ3) is 4.93. The summed E-state index contributed by atoms with van der Waals surface area (Å²) in [6.45, 7) is 7.00. The molecule has 10 heteroatoms. The number of aromatic amines is 1. The van der Waals surface area contributed by atoms with E-state index in [0.29, 0.717) is 6.04 Å². The maximum Gasteiger partial charge on any atom is 0.159 e. The highest BCUT2D eigenvalue weighted by atomic mass is 79.9. The summed E-state index contributed by atoms with van der Waals surface area (Å²) in [6, 6.07) is 9.09. The number of likely N-dealkylation sites (N-methyl/N-ethyl adjacent to an activating group) is 1. The number of hydrogen-bond donors (Lipinski definition) is 2. The van der Waals surface area contributed by atoms with Crippen molar-refractivity contribution in [3.8, 4) is 11.4 Å². The minimum absolute atomic E-state index is 0.414. The Labute approximate surface area is 219 Å². The normalized spacial score (nSPS) is 19.3. The molecule has 2 fully saturated rings. The first-order chi connectivity index (χ1) is 17.6. The lowest BCUT2D eigenvalue weighted by Crippen LogP contribution is -2.46. The van der Waals surface area contributed by atoms with Crippen molar-refractivity contribution >= 4 is 38.5 Å². The molecule has 186 valence electrons. The second-order valence-corrected chi connectivity index (χ2v) is 10.5. The van der Waals surface area contributed by atoms with E-state index in [1.165, 1.54) is 5.69 Å². The number of fused-ring (bicyclic) bond motifs is 1. The molecule has 0 radical (unpaired) electrons. The Morgan fingerprint density at radius 3 is 2.58 bits per heavy atom. The highest BCUT2D eigenvalue weighted by molar-refractivity contribution is 9.10. The molecule has 2 N–H and O–H groups in total. The molecule has 9 nitrogen and oxygen atoms in total. The molecule has 0 amide bonds. The van der Waals surface area contributed by atoms with Crippen LogP contribution in [0, 0.1) is 0 Å². The molecule has 1 atom stereocenters. The van der Waals surface area contributed by atoms with Crippen molar-refractivity contribution in [2.24, 2.45) is 0 Å². The zero-order valence-electron chi connectivity index (χ0n) is 20.4. The van der Waals surface area contributed by atoms with Gasteiger partial charge in [-0.3, -0.25) is 14.9 Å². The van der Waals surface area contributed by atoms with Crippen LogP contribution in [0.1, 0.15) is 12.1 Å². The molecule has 2 aliphatic heterocycles. The number of rotatable bonds is 6. The fourth-order valence-electron chi connectivity index (χ4n) is 5.10. The molecule has 0 saturated carbocycles. The fourth-order valence-corrected chi connectivity index (χ4v) is 5.50. The van der Waals surface area contributed by atoms with Crippen molar-refractivity contribution in [1.82, 2.24) is 34.7 Å². The number of aromatic nitrogens is 5. The maximum absolute atomic E-state index is 4.94. The lowest BCUT2D eigenvalue weighted by Gasteiger charge is -2.36. The van der Waals surface area contributed by atoms with E-state index >= 15 is 0 Å². The summed E-state index contributed by atoms with van der Waals surface area (Å²) in [5, 5.41) is 3.69. The van der Waals surface area contributed by atoms with E-state index in [-0.39, 0.29) is 0 Å². The van der Waals surface area contributed by atoms with E-state index in [1.54, 1.807) is 12.4 Å². The van der Waals surface area contributed by atoms with Gasteiger partial charge in [-0.25, -0.2) is 9.97 Å². The smallest absolute Gasteiger partial charge is 0.159 e. The lowest BCUT2D eigenvalue weighted by atomic mass is 10.1. The summed E-state index contributed by atoms with van der Waals surface area (Å²) in [6.07, 6.45) is 8.30. The van der Waals surface area contributed by atoms with Gasteiger partial charge in [-0.05, 0) is 60.2 Å². The summed E-state index contributed by atoms with van der Waals surface area (Å²) < 4.78 is 0.941. The Balaban J connectivity index is 1.14. The highest BCUT2D eigenvalue weighted by Crippen LogP contribution is 2.32. The monoisotopic (exact) mass is 547 g/mol. The number of pyridine rings is 1. The van der Waals surface area contributed by atoms with E-state index < -0.39 is 0 Å². The van der Waals surface area contributed by atoms with Crippen LogP contribution in [0.4, 0.5) is 11.4 Å². The molecule has 3 aromatic heterocycles. The molecule has 2 saturated heterocycles. The van der Waals surface area contributed by atoms with Crippen LogP contribution in [-0.2, 0) is 6.54 Å². The van der Waals surface area contributed by atoms with Crippen molar-refractivity contribution in [1.29, 1.82) is 0 Å². The first kappa shape index (κ1) is 23.3. The third-order valence-electron chi connectivity index (χ3n) is 7.09. The first-order valence-corrected chi connectivity index (χ1v) is 13.2. The summed E-state index contributed by atoms with van der Waals surface area (Å²) in [7, 11) is 2.16. The van der Waals surface area contributed by atoms with Crippen LogP contribution < -0.4 is 10.2 Å². The van der Waals surface area contributed by atoms with Gasteiger partial charge in [-0.1, -0.05) is 0 Å². The second-order valence-electron chi connectivity index (χ2n) is 9.66. The molecule has 0 bridgehead atoms. The van der Waals surface area contributed by atoms with Gasteiger partial charge in [-0.15, -0.1) is 0 Å². The topological polar surface area (TPSA) is 89.1 Å². The Bertz CT molecular complexity index is 1320. The molecular weight excluding hydrogens is 518 g/mol. The van der Waals surface area contributed by atoms with E-state index in [2.05, 4.69) is 87.2 Å². The van der Waals surface area contributed by atoms with E-state index in [4.69, 9.17) is 4.98 Å². The van der Waals surface area contributed by atoms with Gasteiger partial charge in [0.05, 0.1) is 15.9 Å². The van der Waals surface area contributed by atoms with Crippen LogP contribution in [0.15, 0.2) is 53.5 Å². The van der Waals surface area contributed by atoms with Crippen molar-refractivity contribution in [3.05, 3.63) is 59.2 Å². The van der Waals surface area contributed by atoms with Crippen molar-refractivity contribution in [3.63, 3.8) is 0 Å². The minimum atomic E-state index is 0.414. The van der Waals surface area contributed by atoms with E-state index in [0.717, 1.165) is 90.6 Å². The van der Waals surface area contributed by atoms with Gasteiger partial charge < -0.3 is 20.1 Å². The average Bonchev–Trinajstić information content (AvgIpc) is 3.53. The van der Waals surface area contributed by atoms with Crippen LogP contribution in [0.3, 0.4) is 0 Å². The number of nitrogens with zero attached hydrogens (tertiary/aromatic N) is 7. The predicted octanol–water partition coefficient (Wildman–Crippen LogP) is 3.62. The van der Waals surface area contributed by atoms with Crippen LogP contribution in [-0.4, -0.2) is 87.1 Å². The van der Waals surface area contributed by atoms with Gasteiger partial charge in [0.15, 0.2) is 5.65 Å². The largest absolute Gasteiger partial charge is 0.378 e. The fraction of sp³-hybridized carbons (Fsp3) is 0.385. The van der Waals surface area contributed by atoms with Crippen LogP contribution in [0.5, 0.6) is 0 Å². The van der Waals surface area contributed by atoms with Gasteiger partial charge >= 0.3 is 0 Å². The molecule has 5 heterocycles. The number of imidazole rings is 1. The number of H-pyrrole nitrogens is 1. The molecule has 2 aliphatic rings. The summed E-state index contributed by atoms with van der Waals surface area (Å²) in [5.74, 6) is 0.836. The summed E-state index contributed by atoms with van der Waals surface area (Å²) in [4.78, 5) is 28.7. The number of hydrogen-bond acceptors (Lipinski definition) is 8. The van der Waals surface area contributed by atoms with Gasteiger partial charge in [0, 0.05) is 81.3 Å². The van der Waals surface area contributed by atoms with Gasteiger partial charge in [0.2, 0.25) is 0 Å². The van der Waals surface area contributed by atoms with Crippen molar-refractivity contribution in [2.45, 2.75) is 19.0 Å². The Morgan fingerprint density at radius 2 is 1.86 bits per heavy atom. The Hall–Kier alpha value is -3.08. The van der Waals surface area contributed by atoms with Crippen molar-refractivity contribution < 1.29 is 0 Å². The SMILES string of the molecule is CN1CC[C@H](Nc2c(Br)cnc3[nH]c(-c4ccc(N5CCN(Cc6cnccn6)CC5)cc4)nc23)C1. The molecule has 36 heavy (non-hydrogen) atoms. The third-order valence-corrected chi connectivity index (χ3v) is 7.69. The standard InChI is InChI=1S/C26H30BrN9/c1-34-9-6-19(16-34)31-23-22(27)15-30-26-24(23)32-25(33-26)18-2-4-21(5-3-18)36-12-10-35(11-13-36)17-20-14-28-7-8-29-20/h2-5,7-8,14-15,19H,6,9-13,16-17H2,1H3,(H2,30,31,32,33)/t19-/m0/s1. The van der Waals surface area contributed by atoms with Gasteiger partial charge in [0.1, 0.15) is 11.3 Å². The van der Waals surface area contributed by atoms with Crippen molar-refractivity contribution in [2.75, 3.05) is 56.5 Å². The Morgan fingerprint density at radius 1 is 1.03 bits per heavy atom. The average molecular weight is 548 g/mol. The minimum Gasteiger partial charge on any atom is -0.378 e. The molecule has 0 spiro atoms. The molecule has 1 aromatic carbocycles. The number of benzene rings is 1. The van der Waals surface area contributed by atoms with Gasteiger partial charge in [0.25, 0.3) is 0 Å². The molecule has 4 aromatic rings. The van der Waals surface area contributed by atoms with Crippen LogP contribution in [0.25, 0.3) is 22.6 Å². The number of likely N-dealkylation sites (tertiary alicyclic amines) is 1. The zero-order chi connectivity index (χ0) is 24.5. The van der Waals surface area contributed by atoms with Crippen LogP contribution in [0.2, 0.25) is 0 Å². The maximum atomic E-state index is 4.94. The summed E-state index contributed by atoms with van der Waals surface area (Å²) >= 11 is 3.67. The summed E-state index contributed by atoms with van der Waals surface area (Å²) in [5.41, 5.74) is 6.00. The quantitative estimate of drug-likeness (QED) is 0.378. The number of anilines is 2. The Kier molecular flexibility index (Phi) is 6.56. The highest BCUT2D eigenvalue weighted by Gasteiger charge is 2.22. The van der Waals surface area contributed by atoms with Gasteiger partial charge in [-0.2, -0.15) is 0 Å². The first-order valence-electron chi connectivity index (χ1n) is 12.4. The molecular formula is C26H30BrN9. The van der Waals surface area contributed by atoms with Crippen LogP contribution >= 0.6 is 15.9 Å². The number of nitrogens with one attached hydrogen (secondary N) is 2. The second kappa shape index (κ2) is 10.1. The lowest BCUT2D eigenvalue weighted by molar-refractivity contribution is 0.247. The van der Waals surface area contributed by atoms with E-state index in [9.17, 15) is 0 Å². The number of piperazine rings is 1. The number of halogens is 1.